The van der Waals surface area contributed by atoms with Gasteiger partial charge in [0.05, 0.1) is 0 Å². The summed E-state index contributed by atoms with van der Waals surface area (Å²) in [5.74, 6) is 0.388. The number of anilines is 1. The van der Waals surface area contributed by atoms with Gasteiger partial charge in [-0.3, -0.25) is 0 Å². The van der Waals surface area contributed by atoms with E-state index in [1.165, 1.54) is 22.4 Å². The zero-order valence-electron chi connectivity index (χ0n) is 15.8. The fourth-order valence-corrected chi connectivity index (χ4v) is 3.58. The van der Waals surface area contributed by atoms with Gasteiger partial charge in [0.2, 0.25) is 0 Å². The minimum atomic E-state index is 0.388. The van der Waals surface area contributed by atoms with Crippen LogP contribution in [0.2, 0.25) is 0 Å². The number of likely N-dealkylation sites (N-methyl/N-ethyl adjacent to an activating group) is 1. The molecule has 1 heterocycles. The number of aromatic hydroxyl groups is 1. The molecule has 0 radical (unpaired) electrons. The van der Waals surface area contributed by atoms with Crippen LogP contribution in [-0.4, -0.2) is 43.2 Å². The first-order valence-corrected chi connectivity index (χ1v) is 9.34. The molecule has 0 bridgehead atoms. The molecule has 1 aliphatic rings. The molecule has 0 aliphatic carbocycles. The molecular formula is C22H30N2O. The quantitative estimate of drug-likeness (QED) is 0.895. The summed E-state index contributed by atoms with van der Waals surface area (Å²) in [7, 11) is 2.20. The Labute approximate surface area is 151 Å². The van der Waals surface area contributed by atoms with E-state index >= 15 is 0 Å². The van der Waals surface area contributed by atoms with Crippen LogP contribution >= 0.6 is 0 Å². The average molecular weight is 338 g/mol. The largest absolute Gasteiger partial charge is 0.508 e. The Morgan fingerprint density at radius 1 is 0.880 bits per heavy atom. The third-order valence-electron chi connectivity index (χ3n) is 5.37. The number of hydrogen-bond donors (Lipinski definition) is 1. The molecule has 134 valence electrons. The third kappa shape index (κ3) is 4.55. The molecule has 0 aromatic heterocycles. The molecule has 0 atom stereocenters. The molecular weight excluding hydrogens is 308 g/mol. The van der Waals surface area contributed by atoms with E-state index in [0.717, 1.165) is 51.0 Å². The molecule has 2 aromatic rings. The van der Waals surface area contributed by atoms with Gasteiger partial charge >= 0.3 is 0 Å². The van der Waals surface area contributed by atoms with Crippen LogP contribution in [0.3, 0.4) is 0 Å². The monoisotopic (exact) mass is 338 g/mol. The lowest BCUT2D eigenvalue weighted by molar-refractivity contribution is 0.313. The summed E-state index contributed by atoms with van der Waals surface area (Å²) in [6.07, 6.45) is 3.30. The smallest absolute Gasteiger partial charge is 0.118 e. The summed E-state index contributed by atoms with van der Waals surface area (Å²) in [6.45, 7) is 8.73. The van der Waals surface area contributed by atoms with Crippen LogP contribution in [-0.2, 0) is 12.8 Å². The van der Waals surface area contributed by atoms with Crippen molar-refractivity contribution in [3.05, 3.63) is 58.7 Å². The van der Waals surface area contributed by atoms with E-state index in [1.807, 2.05) is 13.0 Å². The second kappa shape index (κ2) is 7.92. The van der Waals surface area contributed by atoms with E-state index in [0.29, 0.717) is 5.75 Å². The van der Waals surface area contributed by atoms with Crippen LogP contribution in [0.1, 0.15) is 28.7 Å². The molecule has 3 heteroatoms. The maximum absolute atomic E-state index is 9.62. The van der Waals surface area contributed by atoms with Crippen molar-refractivity contribution in [3.63, 3.8) is 0 Å². The summed E-state index contributed by atoms with van der Waals surface area (Å²) >= 11 is 0. The van der Waals surface area contributed by atoms with Crippen molar-refractivity contribution in [2.24, 2.45) is 0 Å². The van der Waals surface area contributed by atoms with Gasteiger partial charge in [-0.05, 0) is 80.6 Å². The highest BCUT2D eigenvalue weighted by molar-refractivity contribution is 5.51. The normalized spacial score (nSPS) is 15.6. The predicted octanol–water partition coefficient (Wildman–Crippen LogP) is 3.94. The Morgan fingerprint density at radius 2 is 1.64 bits per heavy atom. The van der Waals surface area contributed by atoms with E-state index in [1.54, 1.807) is 6.07 Å². The van der Waals surface area contributed by atoms with Gasteiger partial charge in [-0.2, -0.15) is 0 Å². The SMILES string of the molecule is Cc1cc(CCCc2ccc(N3CCN(C)CC3)cc2C)ccc1O. The molecule has 0 unspecified atom stereocenters. The van der Waals surface area contributed by atoms with Crippen molar-refractivity contribution in [2.45, 2.75) is 33.1 Å². The van der Waals surface area contributed by atoms with Crippen LogP contribution in [0.25, 0.3) is 0 Å². The summed E-state index contributed by atoms with van der Waals surface area (Å²) in [5, 5.41) is 9.62. The van der Waals surface area contributed by atoms with Crippen molar-refractivity contribution >= 4 is 5.69 Å². The highest BCUT2D eigenvalue weighted by Crippen LogP contribution is 2.23. The summed E-state index contributed by atoms with van der Waals surface area (Å²) in [5.41, 5.74) is 6.49. The molecule has 1 fully saturated rings. The number of phenolic OH excluding ortho intramolecular Hbond substituents is 1. The number of hydrogen-bond acceptors (Lipinski definition) is 3. The fraction of sp³-hybridized carbons (Fsp3) is 0.455. The lowest BCUT2D eigenvalue weighted by Gasteiger charge is -2.34. The highest BCUT2D eigenvalue weighted by Gasteiger charge is 2.14. The van der Waals surface area contributed by atoms with Gasteiger partial charge in [0.1, 0.15) is 5.75 Å². The van der Waals surface area contributed by atoms with E-state index in [2.05, 4.69) is 48.0 Å². The Kier molecular flexibility index (Phi) is 5.64. The minimum absolute atomic E-state index is 0.388. The number of rotatable bonds is 5. The van der Waals surface area contributed by atoms with Gasteiger partial charge in [-0.25, -0.2) is 0 Å². The first kappa shape index (κ1) is 17.8. The van der Waals surface area contributed by atoms with Gasteiger partial charge in [0.15, 0.2) is 0 Å². The zero-order chi connectivity index (χ0) is 17.8. The van der Waals surface area contributed by atoms with E-state index < -0.39 is 0 Å². The first-order valence-electron chi connectivity index (χ1n) is 9.34. The van der Waals surface area contributed by atoms with Gasteiger partial charge in [-0.15, -0.1) is 0 Å². The standard InChI is InChI=1S/C22H30N2O/c1-17-16-21(24-13-11-23(3)12-14-24)9-8-20(17)6-4-5-19-7-10-22(25)18(2)15-19/h7-10,15-16,25H,4-6,11-14H2,1-3H3. The minimum Gasteiger partial charge on any atom is -0.508 e. The van der Waals surface area contributed by atoms with Crippen molar-refractivity contribution in [3.8, 4) is 5.75 Å². The highest BCUT2D eigenvalue weighted by atomic mass is 16.3. The van der Waals surface area contributed by atoms with Gasteiger partial charge < -0.3 is 14.9 Å². The number of nitrogens with zero attached hydrogens (tertiary/aromatic N) is 2. The van der Waals surface area contributed by atoms with Crippen LogP contribution in [0, 0.1) is 13.8 Å². The molecule has 2 aromatic carbocycles. The number of piperazine rings is 1. The van der Waals surface area contributed by atoms with Gasteiger partial charge in [-0.1, -0.05) is 18.2 Å². The Balaban J connectivity index is 1.57. The molecule has 3 rings (SSSR count). The molecule has 0 spiro atoms. The zero-order valence-corrected chi connectivity index (χ0v) is 15.8. The molecule has 1 N–H and O–H groups in total. The maximum Gasteiger partial charge on any atom is 0.118 e. The van der Waals surface area contributed by atoms with Crippen LogP contribution in [0.15, 0.2) is 36.4 Å². The van der Waals surface area contributed by atoms with Crippen LogP contribution < -0.4 is 4.90 Å². The molecule has 1 saturated heterocycles. The number of benzene rings is 2. The molecule has 1 aliphatic heterocycles. The predicted molar refractivity (Wildman–Crippen MR) is 106 cm³/mol. The Morgan fingerprint density at radius 3 is 2.32 bits per heavy atom. The molecule has 3 nitrogen and oxygen atoms in total. The van der Waals surface area contributed by atoms with E-state index in [4.69, 9.17) is 0 Å². The topological polar surface area (TPSA) is 26.7 Å². The van der Waals surface area contributed by atoms with Crippen molar-refractivity contribution in [2.75, 3.05) is 38.1 Å². The summed E-state index contributed by atoms with van der Waals surface area (Å²) in [6, 6.07) is 12.9. The van der Waals surface area contributed by atoms with E-state index in [-0.39, 0.29) is 0 Å². The van der Waals surface area contributed by atoms with Crippen LogP contribution in [0.5, 0.6) is 5.75 Å². The lowest BCUT2D eigenvalue weighted by Crippen LogP contribution is -2.44. The summed E-state index contributed by atoms with van der Waals surface area (Å²) in [4.78, 5) is 4.89. The van der Waals surface area contributed by atoms with Crippen LogP contribution in [0.4, 0.5) is 5.69 Å². The first-order chi connectivity index (χ1) is 12.0. The summed E-state index contributed by atoms with van der Waals surface area (Å²) < 4.78 is 0. The second-order valence-electron chi connectivity index (χ2n) is 7.38. The van der Waals surface area contributed by atoms with Gasteiger partial charge in [0.25, 0.3) is 0 Å². The van der Waals surface area contributed by atoms with E-state index in [9.17, 15) is 5.11 Å². The molecule has 0 saturated carbocycles. The fourth-order valence-electron chi connectivity index (χ4n) is 3.58. The van der Waals surface area contributed by atoms with Crippen molar-refractivity contribution in [1.82, 2.24) is 4.90 Å². The molecule has 25 heavy (non-hydrogen) atoms. The molecule has 0 amide bonds. The average Bonchev–Trinajstić information content (AvgIpc) is 2.60. The third-order valence-corrected chi connectivity index (χ3v) is 5.37. The maximum atomic E-state index is 9.62. The number of aryl methyl sites for hydroxylation is 4. The van der Waals surface area contributed by atoms with Crippen molar-refractivity contribution in [1.29, 1.82) is 0 Å². The lowest BCUT2D eigenvalue weighted by atomic mass is 9.99. The van der Waals surface area contributed by atoms with Crippen molar-refractivity contribution < 1.29 is 5.11 Å². The second-order valence-corrected chi connectivity index (χ2v) is 7.38. The van der Waals surface area contributed by atoms with Gasteiger partial charge in [0, 0.05) is 31.9 Å². The number of phenols is 1. The Hall–Kier alpha value is -2.00. The Bertz CT molecular complexity index is 718.